The van der Waals surface area contributed by atoms with Gasteiger partial charge in [-0.15, -0.1) is 11.3 Å². The Labute approximate surface area is 91.6 Å². The van der Waals surface area contributed by atoms with Gasteiger partial charge in [0, 0.05) is 11.8 Å². The lowest BCUT2D eigenvalue weighted by Crippen LogP contribution is -2.01. The molecule has 3 nitrogen and oxygen atoms in total. The molecular weight excluding hydrogens is 251 g/mol. The summed E-state index contributed by atoms with van der Waals surface area (Å²) in [5.74, 6) is -0.649. The third-order valence-electron chi connectivity index (χ3n) is 1.16. The molecule has 0 atom stereocenters. The van der Waals surface area contributed by atoms with Crippen LogP contribution < -0.4 is 0 Å². The predicted octanol–water partition coefficient (Wildman–Crippen LogP) is 2.93. The van der Waals surface area contributed by atoms with Gasteiger partial charge in [0.1, 0.15) is 4.88 Å². The second kappa shape index (κ2) is 4.84. The highest BCUT2D eigenvalue weighted by Gasteiger charge is 2.31. The molecule has 0 N–H and O–H groups in total. The molecule has 0 fully saturated rings. The van der Waals surface area contributed by atoms with E-state index in [0.29, 0.717) is 11.3 Å². The fourth-order valence-electron chi connectivity index (χ4n) is 0.701. The summed E-state index contributed by atoms with van der Waals surface area (Å²) in [4.78, 5) is 14.6. The number of thiazole rings is 1. The summed E-state index contributed by atoms with van der Waals surface area (Å²) in [7, 11) is 0. The van der Waals surface area contributed by atoms with Crippen molar-refractivity contribution in [2.24, 2.45) is 0 Å². The number of aromatic nitrogens is 1. The number of hydrogen-bond acceptors (Lipinski definition) is 5. The molecule has 0 saturated heterocycles. The largest absolute Gasteiger partial charge is 0.462 e. The average molecular weight is 257 g/mol. The van der Waals surface area contributed by atoms with Gasteiger partial charge in [-0.25, -0.2) is 9.78 Å². The van der Waals surface area contributed by atoms with Crippen molar-refractivity contribution in [3.63, 3.8) is 0 Å². The summed E-state index contributed by atoms with van der Waals surface area (Å²) in [5, 5.41) is 0. The minimum atomic E-state index is -4.39. The Morgan fingerprint density at radius 2 is 2.33 bits per heavy atom. The number of hydrogen-bond donors (Lipinski definition) is 0. The van der Waals surface area contributed by atoms with Gasteiger partial charge in [-0.3, -0.25) is 0 Å². The maximum atomic E-state index is 11.9. The Kier molecular flexibility index (Phi) is 3.97. The van der Waals surface area contributed by atoms with E-state index >= 15 is 0 Å². The number of rotatable bonds is 3. The van der Waals surface area contributed by atoms with Crippen LogP contribution in [0.4, 0.5) is 13.2 Å². The van der Waals surface area contributed by atoms with Crippen LogP contribution in [0.2, 0.25) is 0 Å². The topological polar surface area (TPSA) is 39.2 Å². The second-order valence-corrected chi connectivity index (χ2v) is 4.60. The predicted molar refractivity (Wildman–Crippen MR) is 50.0 cm³/mol. The van der Waals surface area contributed by atoms with Crippen LogP contribution in [0.1, 0.15) is 16.6 Å². The van der Waals surface area contributed by atoms with Crippen LogP contribution in [0.3, 0.4) is 0 Å². The summed E-state index contributed by atoms with van der Waals surface area (Å²) in [6.45, 7) is 1.79. The number of nitrogens with zero attached hydrogens (tertiary/aromatic N) is 1. The second-order valence-electron chi connectivity index (χ2n) is 2.26. The van der Waals surface area contributed by atoms with Crippen molar-refractivity contribution in [1.29, 1.82) is 0 Å². The lowest BCUT2D eigenvalue weighted by Gasteiger charge is -2.00. The fraction of sp³-hybridized carbons (Fsp3) is 0.429. The van der Waals surface area contributed by atoms with Crippen LogP contribution in [0.5, 0.6) is 0 Å². The maximum absolute atomic E-state index is 11.9. The first-order valence-electron chi connectivity index (χ1n) is 3.81. The van der Waals surface area contributed by atoms with Gasteiger partial charge in [0.2, 0.25) is 0 Å². The van der Waals surface area contributed by atoms with E-state index in [2.05, 4.69) is 9.72 Å². The molecule has 84 valence electrons. The lowest BCUT2D eigenvalue weighted by molar-refractivity contribution is -0.0328. The zero-order chi connectivity index (χ0) is 11.5. The van der Waals surface area contributed by atoms with Crippen molar-refractivity contribution >= 4 is 29.1 Å². The molecule has 15 heavy (non-hydrogen) atoms. The average Bonchev–Trinajstić information content (AvgIpc) is 2.50. The normalized spacial score (nSPS) is 11.5. The lowest BCUT2D eigenvalue weighted by atomic mass is 10.6. The highest BCUT2D eigenvalue weighted by Crippen LogP contribution is 2.38. The Morgan fingerprint density at radius 1 is 1.67 bits per heavy atom. The molecule has 1 aromatic rings. The maximum Gasteiger partial charge on any atom is 0.448 e. The third kappa shape index (κ3) is 4.08. The number of alkyl halides is 3. The van der Waals surface area contributed by atoms with E-state index in [0.717, 1.165) is 6.20 Å². The van der Waals surface area contributed by atoms with E-state index in [1.54, 1.807) is 6.92 Å². The van der Waals surface area contributed by atoms with Gasteiger partial charge in [0.25, 0.3) is 0 Å². The molecule has 0 amide bonds. The molecule has 0 aliphatic rings. The highest BCUT2D eigenvalue weighted by molar-refractivity contribution is 8.01. The Hall–Kier alpha value is -0.760. The van der Waals surface area contributed by atoms with E-state index in [4.69, 9.17) is 0 Å². The van der Waals surface area contributed by atoms with Crippen LogP contribution in [0, 0.1) is 0 Å². The van der Waals surface area contributed by atoms with Gasteiger partial charge in [-0.05, 0) is 6.92 Å². The summed E-state index contributed by atoms with van der Waals surface area (Å²) in [5.41, 5.74) is -4.39. The van der Waals surface area contributed by atoms with Gasteiger partial charge < -0.3 is 4.74 Å². The smallest absolute Gasteiger partial charge is 0.448 e. The summed E-state index contributed by atoms with van der Waals surface area (Å²) >= 11 is 0.322. The molecule has 1 heterocycles. The molecule has 0 aromatic carbocycles. The SMILES string of the molecule is CCOC(=O)c1cnc(SC(F)(F)F)s1. The minimum absolute atomic E-state index is 0.0728. The van der Waals surface area contributed by atoms with Gasteiger partial charge in [-0.1, -0.05) is 0 Å². The van der Waals surface area contributed by atoms with E-state index < -0.39 is 11.5 Å². The molecule has 1 rings (SSSR count). The molecule has 0 bridgehead atoms. The standard InChI is InChI=1S/C7H6F3NO2S2/c1-2-13-5(12)4-3-11-6(14-4)15-7(8,9)10/h3H,2H2,1H3. The molecule has 0 unspecified atom stereocenters. The quantitative estimate of drug-likeness (QED) is 0.616. The molecule has 0 aliphatic carbocycles. The third-order valence-corrected chi connectivity index (χ3v) is 2.95. The van der Waals surface area contributed by atoms with Crippen LogP contribution >= 0.6 is 23.1 Å². The first kappa shape index (κ1) is 12.3. The van der Waals surface area contributed by atoms with Crippen LogP contribution in [0.25, 0.3) is 0 Å². The van der Waals surface area contributed by atoms with Crippen LogP contribution in [-0.2, 0) is 4.74 Å². The molecule has 0 saturated carbocycles. The van der Waals surface area contributed by atoms with Crippen molar-refractivity contribution in [3.8, 4) is 0 Å². The zero-order valence-electron chi connectivity index (χ0n) is 7.50. The van der Waals surface area contributed by atoms with Crippen LogP contribution in [0.15, 0.2) is 10.5 Å². The van der Waals surface area contributed by atoms with Crippen molar-refractivity contribution < 1.29 is 22.7 Å². The van der Waals surface area contributed by atoms with Gasteiger partial charge in [0.15, 0.2) is 4.34 Å². The Morgan fingerprint density at radius 3 is 2.87 bits per heavy atom. The van der Waals surface area contributed by atoms with E-state index in [1.165, 1.54) is 0 Å². The number of esters is 1. The van der Waals surface area contributed by atoms with Crippen molar-refractivity contribution in [3.05, 3.63) is 11.1 Å². The van der Waals surface area contributed by atoms with E-state index in [1.807, 2.05) is 0 Å². The molecular formula is C7H6F3NO2S2. The Balaban J connectivity index is 2.68. The number of ether oxygens (including phenoxy) is 1. The number of carbonyl (C=O) groups is 1. The van der Waals surface area contributed by atoms with Crippen LogP contribution in [-0.4, -0.2) is 23.1 Å². The highest BCUT2D eigenvalue weighted by atomic mass is 32.2. The number of halogens is 3. The molecule has 1 aromatic heterocycles. The van der Waals surface area contributed by atoms with Gasteiger partial charge >= 0.3 is 11.5 Å². The first-order chi connectivity index (χ1) is 6.92. The zero-order valence-corrected chi connectivity index (χ0v) is 9.13. The van der Waals surface area contributed by atoms with Crippen molar-refractivity contribution in [2.45, 2.75) is 16.8 Å². The molecule has 0 spiro atoms. The monoisotopic (exact) mass is 257 g/mol. The van der Waals surface area contributed by atoms with Gasteiger partial charge in [-0.2, -0.15) is 13.2 Å². The molecule has 0 aliphatic heterocycles. The summed E-state index contributed by atoms with van der Waals surface area (Å²) in [6, 6.07) is 0. The van der Waals surface area contributed by atoms with E-state index in [9.17, 15) is 18.0 Å². The first-order valence-corrected chi connectivity index (χ1v) is 5.44. The summed E-state index contributed by atoms with van der Waals surface area (Å²) < 4.78 is 40.1. The van der Waals surface area contributed by atoms with Crippen molar-refractivity contribution in [1.82, 2.24) is 4.98 Å². The summed E-state index contributed by atoms with van der Waals surface area (Å²) in [6.07, 6.45) is 1.08. The molecule has 0 radical (unpaired) electrons. The van der Waals surface area contributed by atoms with Crippen molar-refractivity contribution in [2.75, 3.05) is 6.61 Å². The fourth-order valence-corrected chi connectivity index (χ4v) is 2.26. The van der Waals surface area contributed by atoms with E-state index in [-0.39, 0.29) is 27.6 Å². The minimum Gasteiger partial charge on any atom is -0.462 e. The molecule has 8 heteroatoms. The number of thioether (sulfide) groups is 1. The Bertz CT molecular complexity index is 350. The number of carbonyl (C=O) groups excluding carboxylic acids is 1. The van der Waals surface area contributed by atoms with Gasteiger partial charge in [0.05, 0.1) is 12.8 Å².